The molecule has 6 heteroatoms. The Morgan fingerprint density at radius 2 is 2.10 bits per heavy atom. The molecule has 6 nitrogen and oxygen atoms in total. The summed E-state index contributed by atoms with van der Waals surface area (Å²) in [4.78, 5) is 14.3. The second-order valence-electron chi connectivity index (χ2n) is 4.40. The van der Waals surface area contributed by atoms with E-state index in [1.165, 1.54) is 6.20 Å². The van der Waals surface area contributed by atoms with E-state index >= 15 is 0 Å². The number of aryl methyl sites for hydroxylation is 1. The molecule has 0 aliphatic carbocycles. The second kappa shape index (κ2) is 6.12. The first kappa shape index (κ1) is 14.0. The predicted octanol–water partition coefficient (Wildman–Crippen LogP) is 2.44. The first-order chi connectivity index (χ1) is 9.61. The van der Waals surface area contributed by atoms with Crippen LogP contribution in [0.3, 0.4) is 0 Å². The van der Waals surface area contributed by atoms with Crippen molar-refractivity contribution in [3.8, 4) is 0 Å². The molecule has 0 bridgehead atoms. The van der Waals surface area contributed by atoms with Crippen LogP contribution in [-0.2, 0) is 0 Å². The van der Waals surface area contributed by atoms with Gasteiger partial charge in [0.05, 0.1) is 17.6 Å². The number of nitrogens with zero attached hydrogens (tertiary/aromatic N) is 2. The van der Waals surface area contributed by atoms with Crippen LogP contribution in [0.1, 0.15) is 17.2 Å². The van der Waals surface area contributed by atoms with Crippen molar-refractivity contribution < 1.29 is 10.0 Å². The second-order valence-corrected chi connectivity index (χ2v) is 4.40. The van der Waals surface area contributed by atoms with Gasteiger partial charge in [-0.15, -0.1) is 0 Å². The molecule has 0 radical (unpaired) electrons. The Bertz CT molecular complexity index is 602. The molecule has 1 aromatic heterocycles. The van der Waals surface area contributed by atoms with Crippen molar-refractivity contribution >= 4 is 11.5 Å². The Kier molecular flexibility index (Phi) is 4.27. The minimum Gasteiger partial charge on any atom is -0.394 e. The molecule has 0 fully saturated rings. The zero-order valence-corrected chi connectivity index (χ0v) is 11.0. The molecule has 0 aliphatic rings. The predicted molar refractivity (Wildman–Crippen MR) is 75.5 cm³/mol. The summed E-state index contributed by atoms with van der Waals surface area (Å²) >= 11 is 0. The Morgan fingerprint density at radius 1 is 1.40 bits per heavy atom. The van der Waals surface area contributed by atoms with E-state index in [4.69, 9.17) is 0 Å². The highest BCUT2D eigenvalue weighted by molar-refractivity contribution is 5.48. The van der Waals surface area contributed by atoms with Gasteiger partial charge < -0.3 is 10.4 Å². The van der Waals surface area contributed by atoms with Gasteiger partial charge in [0, 0.05) is 5.56 Å². The lowest BCUT2D eigenvalue weighted by atomic mass is 10.1. The first-order valence-electron chi connectivity index (χ1n) is 6.15. The van der Waals surface area contributed by atoms with Crippen LogP contribution in [-0.4, -0.2) is 21.6 Å². The standard InChI is InChI=1S/C14H15N3O3/c1-10-7-14(15-8-13(10)17(19)20)16-12(9-18)11-5-3-2-4-6-11/h2-8,12,18H,9H2,1H3,(H,15,16)/t12-/m0/s1. The highest BCUT2D eigenvalue weighted by Crippen LogP contribution is 2.22. The summed E-state index contributed by atoms with van der Waals surface area (Å²) < 4.78 is 0. The maximum atomic E-state index is 10.7. The number of aliphatic hydroxyl groups excluding tert-OH is 1. The van der Waals surface area contributed by atoms with Crippen LogP contribution >= 0.6 is 0 Å². The molecule has 2 N–H and O–H groups in total. The summed E-state index contributed by atoms with van der Waals surface area (Å²) in [6.07, 6.45) is 1.22. The van der Waals surface area contributed by atoms with E-state index in [1.807, 2.05) is 30.3 Å². The third-order valence-corrected chi connectivity index (χ3v) is 2.99. The molecule has 1 heterocycles. The Hall–Kier alpha value is -2.47. The molecule has 0 saturated heterocycles. The van der Waals surface area contributed by atoms with Gasteiger partial charge in [0.15, 0.2) is 0 Å². The average Bonchev–Trinajstić information content (AvgIpc) is 2.45. The fraction of sp³-hybridized carbons (Fsp3) is 0.214. The maximum Gasteiger partial charge on any atom is 0.290 e. The lowest BCUT2D eigenvalue weighted by Gasteiger charge is -2.17. The lowest BCUT2D eigenvalue weighted by Crippen LogP contribution is -2.15. The Labute approximate surface area is 116 Å². The van der Waals surface area contributed by atoms with Gasteiger partial charge in [-0.2, -0.15) is 0 Å². The zero-order valence-electron chi connectivity index (χ0n) is 11.0. The van der Waals surface area contributed by atoms with Gasteiger partial charge >= 0.3 is 0 Å². The SMILES string of the molecule is Cc1cc(N[C@@H](CO)c2ccccc2)ncc1[N+](=O)[O-]. The highest BCUT2D eigenvalue weighted by Gasteiger charge is 2.14. The Balaban J connectivity index is 2.20. The molecule has 2 rings (SSSR count). The van der Waals surface area contributed by atoms with Crippen LogP contribution in [0.5, 0.6) is 0 Å². The summed E-state index contributed by atoms with van der Waals surface area (Å²) in [5.41, 5.74) is 1.43. The van der Waals surface area contributed by atoms with E-state index in [9.17, 15) is 15.2 Å². The van der Waals surface area contributed by atoms with E-state index in [1.54, 1.807) is 13.0 Å². The zero-order chi connectivity index (χ0) is 14.5. The fourth-order valence-electron chi connectivity index (χ4n) is 1.92. The number of aliphatic hydroxyl groups is 1. The van der Waals surface area contributed by atoms with E-state index in [2.05, 4.69) is 10.3 Å². The van der Waals surface area contributed by atoms with E-state index in [-0.39, 0.29) is 18.3 Å². The van der Waals surface area contributed by atoms with Crippen molar-refractivity contribution in [1.29, 1.82) is 0 Å². The third kappa shape index (κ3) is 3.10. The number of nitro groups is 1. The molecule has 104 valence electrons. The fourth-order valence-corrected chi connectivity index (χ4v) is 1.92. The van der Waals surface area contributed by atoms with Crippen molar-refractivity contribution in [3.63, 3.8) is 0 Å². The van der Waals surface area contributed by atoms with E-state index < -0.39 is 4.92 Å². The van der Waals surface area contributed by atoms with Crippen LogP contribution in [0.25, 0.3) is 0 Å². The number of hydrogen-bond donors (Lipinski definition) is 2. The quantitative estimate of drug-likeness (QED) is 0.645. The van der Waals surface area contributed by atoms with Crippen molar-refractivity contribution in [3.05, 3.63) is 63.8 Å². The van der Waals surface area contributed by atoms with Crippen molar-refractivity contribution in [2.45, 2.75) is 13.0 Å². The topological polar surface area (TPSA) is 88.3 Å². The molecule has 0 aliphatic heterocycles. The highest BCUT2D eigenvalue weighted by atomic mass is 16.6. The minimum atomic E-state index is -0.465. The van der Waals surface area contributed by atoms with E-state index in [0.717, 1.165) is 5.56 Å². The van der Waals surface area contributed by atoms with Gasteiger partial charge in [0.1, 0.15) is 12.0 Å². The summed E-state index contributed by atoms with van der Waals surface area (Å²) in [7, 11) is 0. The van der Waals surface area contributed by atoms with Gasteiger partial charge in [-0.1, -0.05) is 30.3 Å². The largest absolute Gasteiger partial charge is 0.394 e. The lowest BCUT2D eigenvalue weighted by molar-refractivity contribution is -0.385. The molecular formula is C14H15N3O3. The van der Waals surface area contributed by atoms with Crippen molar-refractivity contribution in [1.82, 2.24) is 4.98 Å². The van der Waals surface area contributed by atoms with Crippen LogP contribution in [0.15, 0.2) is 42.6 Å². The molecular weight excluding hydrogens is 258 g/mol. The smallest absolute Gasteiger partial charge is 0.290 e. The molecule has 0 amide bonds. The van der Waals surface area contributed by atoms with Crippen LogP contribution in [0, 0.1) is 17.0 Å². The maximum absolute atomic E-state index is 10.7. The Morgan fingerprint density at radius 3 is 2.65 bits per heavy atom. The van der Waals surface area contributed by atoms with Gasteiger partial charge in [-0.3, -0.25) is 10.1 Å². The summed E-state index contributed by atoms with van der Waals surface area (Å²) in [6.45, 7) is 1.56. The number of hydrogen-bond acceptors (Lipinski definition) is 5. The van der Waals surface area contributed by atoms with Crippen LogP contribution in [0.2, 0.25) is 0 Å². The number of nitrogens with one attached hydrogen (secondary N) is 1. The van der Waals surface area contributed by atoms with Crippen LogP contribution < -0.4 is 5.32 Å². The number of anilines is 1. The van der Waals surface area contributed by atoms with Crippen LogP contribution in [0.4, 0.5) is 11.5 Å². The summed E-state index contributed by atoms with van der Waals surface area (Å²) in [5, 5.41) is 23.3. The normalized spacial score (nSPS) is 11.9. The number of benzene rings is 1. The molecule has 0 spiro atoms. The van der Waals surface area contributed by atoms with Crippen molar-refractivity contribution in [2.24, 2.45) is 0 Å². The minimum absolute atomic E-state index is 0.0178. The van der Waals surface area contributed by atoms with Gasteiger partial charge in [0.25, 0.3) is 5.69 Å². The molecule has 0 unspecified atom stereocenters. The molecule has 2 aromatic rings. The van der Waals surface area contributed by atoms with Crippen molar-refractivity contribution in [2.75, 3.05) is 11.9 Å². The molecule has 1 aromatic carbocycles. The number of pyridine rings is 1. The van der Waals surface area contributed by atoms with Gasteiger partial charge in [0.2, 0.25) is 0 Å². The number of aromatic nitrogens is 1. The molecule has 20 heavy (non-hydrogen) atoms. The molecule has 0 saturated carbocycles. The van der Waals surface area contributed by atoms with E-state index in [0.29, 0.717) is 11.4 Å². The first-order valence-corrected chi connectivity index (χ1v) is 6.15. The van der Waals surface area contributed by atoms with Gasteiger partial charge in [-0.05, 0) is 18.6 Å². The third-order valence-electron chi connectivity index (χ3n) is 2.99. The monoisotopic (exact) mass is 273 g/mol. The summed E-state index contributed by atoms with van der Waals surface area (Å²) in [5.74, 6) is 0.496. The average molecular weight is 273 g/mol. The summed E-state index contributed by atoms with van der Waals surface area (Å²) in [6, 6.07) is 10.8. The molecule has 1 atom stereocenters. The number of rotatable bonds is 5. The van der Waals surface area contributed by atoms with Gasteiger partial charge in [-0.25, -0.2) is 4.98 Å².